The average molecular weight is 452 g/mol. The predicted molar refractivity (Wildman–Crippen MR) is 126 cm³/mol. The van der Waals surface area contributed by atoms with Crippen molar-refractivity contribution in [2.45, 2.75) is 19.0 Å². The summed E-state index contributed by atoms with van der Waals surface area (Å²) in [6, 6.07) is 26.6. The molecule has 5 nitrogen and oxygen atoms in total. The smallest absolute Gasteiger partial charge is 0.301 e. The van der Waals surface area contributed by atoms with Crippen molar-refractivity contribution in [3.8, 4) is 0 Å². The number of benzene rings is 4. The van der Waals surface area contributed by atoms with Crippen LogP contribution in [-0.2, 0) is 16.9 Å². The van der Waals surface area contributed by atoms with Gasteiger partial charge >= 0.3 is 6.03 Å². The maximum absolute atomic E-state index is 13.8. The Morgan fingerprint density at radius 2 is 1.47 bits per heavy atom. The Morgan fingerprint density at radius 3 is 2.18 bits per heavy atom. The molecule has 0 bridgehead atoms. The van der Waals surface area contributed by atoms with Crippen molar-refractivity contribution in [2.24, 2.45) is 0 Å². The molecule has 0 spiro atoms. The van der Waals surface area contributed by atoms with E-state index in [-0.39, 0.29) is 12.1 Å². The Hall–Kier alpha value is -4.32. The predicted octanol–water partition coefficient (Wildman–Crippen LogP) is 5.50. The number of hydrogen-bond acceptors (Lipinski definition) is 3. The van der Waals surface area contributed by atoms with E-state index < -0.39 is 29.2 Å². The van der Waals surface area contributed by atoms with Gasteiger partial charge in [-0.3, -0.25) is 9.59 Å². The van der Waals surface area contributed by atoms with E-state index in [9.17, 15) is 18.8 Å². The molecule has 5 rings (SSSR count). The number of fused-ring (bicyclic) bond motifs is 1. The van der Waals surface area contributed by atoms with E-state index in [0.29, 0.717) is 11.1 Å². The number of amides is 4. The first-order valence-electron chi connectivity index (χ1n) is 10.9. The van der Waals surface area contributed by atoms with Gasteiger partial charge in [0.25, 0.3) is 11.8 Å². The van der Waals surface area contributed by atoms with Gasteiger partial charge in [0.15, 0.2) is 0 Å². The molecular formula is C28H21FN2O3. The Morgan fingerprint density at radius 1 is 0.824 bits per heavy atom. The van der Waals surface area contributed by atoms with Gasteiger partial charge in [-0.2, -0.15) is 4.90 Å². The molecule has 34 heavy (non-hydrogen) atoms. The standard InChI is InChI=1S/C28H21FN2O3/c1-28(23-9-3-2-4-10-23)26(33)31(27(34)30(28)18-19-11-15-24(29)16-12-19)25(32)22-14-13-20-7-5-6-8-21(20)17-22/h2-17H,18H2,1H3. The molecule has 1 saturated heterocycles. The van der Waals surface area contributed by atoms with Crippen LogP contribution in [0.5, 0.6) is 0 Å². The van der Waals surface area contributed by atoms with Crippen molar-refractivity contribution in [1.29, 1.82) is 0 Å². The number of carbonyl (C=O) groups is 3. The lowest BCUT2D eigenvalue weighted by molar-refractivity contribution is -0.131. The summed E-state index contributed by atoms with van der Waals surface area (Å²) in [5.74, 6) is -1.69. The normalized spacial score (nSPS) is 18.1. The minimum Gasteiger partial charge on any atom is -0.301 e. The molecule has 6 heteroatoms. The first kappa shape index (κ1) is 21.5. The second-order valence-electron chi connectivity index (χ2n) is 8.44. The van der Waals surface area contributed by atoms with Crippen molar-refractivity contribution < 1.29 is 18.8 Å². The fourth-order valence-electron chi connectivity index (χ4n) is 4.40. The van der Waals surface area contributed by atoms with Gasteiger partial charge in [-0.15, -0.1) is 0 Å². The number of hydrogen-bond donors (Lipinski definition) is 0. The molecule has 0 aromatic heterocycles. The molecule has 1 heterocycles. The minimum absolute atomic E-state index is 0.0394. The molecule has 1 unspecified atom stereocenters. The van der Waals surface area contributed by atoms with Crippen molar-refractivity contribution in [2.75, 3.05) is 0 Å². The van der Waals surface area contributed by atoms with Gasteiger partial charge in [-0.25, -0.2) is 9.18 Å². The Labute approximate surface area is 196 Å². The van der Waals surface area contributed by atoms with Crippen LogP contribution >= 0.6 is 0 Å². The van der Waals surface area contributed by atoms with E-state index in [1.165, 1.54) is 17.0 Å². The van der Waals surface area contributed by atoms with E-state index in [0.717, 1.165) is 15.7 Å². The quantitative estimate of drug-likeness (QED) is 0.304. The zero-order valence-electron chi connectivity index (χ0n) is 18.4. The first-order valence-corrected chi connectivity index (χ1v) is 10.9. The molecule has 1 aliphatic heterocycles. The SMILES string of the molecule is CC1(c2ccccc2)C(=O)N(C(=O)c2ccc3ccccc3c2)C(=O)N1Cc1ccc(F)cc1. The second-order valence-corrected chi connectivity index (χ2v) is 8.44. The zero-order valence-corrected chi connectivity index (χ0v) is 18.4. The lowest BCUT2D eigenvalue weighted by atomic mass is 9.90. The summed E-state index contributed by atoms with van der Waals surface area (Å²) in [6.45, 7) is 1.68. The molecule has 0 radical (unpaired) electrons. The molecule has 4 amide bonds. The Kier molecular flexibility index (Phi) is 5.21. The van der Waals surface area contributed by atoms with Crippen molar-refractivity contribution in [3.05, 3.63) is 120 Å². The van der Waals surface area contributed by atoms with E-state index in [1.54, 1.807) is 61.5 Å². The lowest BCUT2D eigenvalue weighted by Crippen LogP contribution is -2.44. The van der Waals surface area contributed by atoms with E-state index >= 15 is 0 Å². The molecule has 1 fully saturated rings. The third-order valence-corrected chi connectivity index (χ3v) is 6.37. The van der Waals surface area contributed by atoms with Gasteiger partial charge in [0.05, 0.1) is 0 Å². The van der Waals surface area contributed by atoms with Gasteiger partial charge in [0.1, 0.15) is 11.4 Å². The third kappa shape index (κ3) is 3.44. The fraction of sp³-hybridized carbons (Fsp3) is 0.107. The van der Waals surface area contributed by atoms with Crippen LogP contribution in [0.4, 0.5) is 9.18 Å². The van der Waals surface area contributed by atoms with Crippen LogP contribution in [0.15, 0.2) is 97.1 Å². The summed E-state index contributed by atoms with van der Waals surface area (Å²) in [7, 11) is 0. The van der Waals surface area contributed by atoms with Crippen molar-refractivity contribution in [3.63, 3.8) is 0 Å². The largest absolute Gasteiger partial charge is 0.335 e. The average Bonchev–Trinajstić information content (AvgIpc) is 3.06. The van der Waals surface area contributed by atoms with Crippen molar-refractivity contribution in [1.82, 2.24) is 9.80 Å². The highest BCUT2D eigenvalue weighted by molar-refractivity contribution is 6.22. The second kappa shape index (κ2) is 8.23. The summed E-state index contributed by atoms with van der Waals surface area (Å²) >= 11 is 0. The summed E-state index contributed by atoms with van der Waals surface area (Å²) in [6.07, 6.45) is 0. The summed E-state index contributed by atoms with van der Waals surface area (Å²) in [5, 5.41) is 1.78. The van der Waals surface area contributed by atoms with Gasteiger partial charge < -0.3 is 4.90 Å². The Bertz CT molecular complexity index is 1420. The number of carbonyl (C=O) groups excluding carboxylic acids is 3. The lowest BCUT2D eigenvalue weighted by Gasteiger charge is -2.32. The topological polar surface area (TPSA) is 57.7 Å². The number of rotatable bonds is 4. The maximum Gasteiger partial charge on any atom is 0.335 e. The summed E-state index contributed by atoms with van der Waals surface area (Å²) < 4.78 is 13.4. The molecule has 168 valence electrons. The minimum atomic E-state index is -1.40. The van der Waals surface area contributed by atoms with E-state index in [1.807, 2.05) is 30.3 Å². The van der Waals surface area contributed by atoms with Crippen LogP contribution in [0, 0.1) is 5.82 Å². The monoisotopic (exact) mass is 452 g/mol. The molecule has 1 atom stereocenters. The highest BCUT2D eigenvalue weighted by atomic mass is 19.1. The van der Waals surface area contributed by atoms with E-state index in [4.69, 9.17) is 0 Å². The zero-order chi connectivity index (χ0) is 23.9. The molecule has 1 aliphatic rings. The van der Waals surface area contributed by atoms with Gasteiger partial charge in [-0.05, 0) is 53.1 Å². The highest BCUT2D eigenvalue weighted by Crippen LogP contribution is 2.39. The van der Waals surface area contributed by atoms with Gasteiger partial charge in [0.2, 0.25) is 0 Å². The summed E-state index contributed by atoms with van der Waals surface area (Å²) in [5.41, 5.74) is 0.0765. The third-order valence-electron chi connectivity index (χ3n) is 6.37. The van der Waals surface area contributed by atoms with Crippen LogP contribution in [-0.4, -0.2) is 27.6 Å². The van der Waals surface area contributed by atoms with Crippen LogP contribution in [0.1, 0.15) is 28.4 Å². The molecule has 0 N–H and O–H groups in total. The molecule has 0 aliphatic carbocycles. The van der Waals surface area contributed by atoms with Crippen LogP contribution in [0.3, 0.4) is 0 Å². The molecule has 4 aromatic rings. The number of halogens is 1. The van der Waals surface area contributed by atoms with Crippen LogP contribution < -0.4 is 0 Å². The van der Waals surface area contributed by atoms with Crippen LogP contribution in [0.2, 0.25) is 0 Å². The first-order chi connectivity index (χ1) is 16.4. The fourth-order valence-corrected chi connectivity index (χ4v) is 4.40. The number of urea groups is 1. The van der Waals surface area contributed by atoms with Crippen LogP contribution in [0.25, 0.3) is 10.8 Å². The highest BCUT2D eigenvalue weighted by Gasteiger charge is 2.57. The number of nitrogens with zero attached hydrogens (tertiary/aromatic N) is 2. The maximum atomic E-state index is 13.8. The van der Waals surface area contributed by atoms with Gasteiger partial charge in [-0.1, -0.05) is 72.8 Å². The number of imide groups is 3. The van der Waals surface area contributed by atoms with Crippen molar-refractivity contribution >= 4 is 28.6 Å². The Balaban J connectivity index is 1.58. The van der Waals surface area contributed by atoms with E-state index in [2.05, 4.69) is 0 Å². The molecular weight excluding hydrogens is 431 g/mol. The molecule has 4 aromatic carbocycles. The molecule has 0 saturated carbocycles. The van der Waals surface area contributed by atoms with Gasteiger partial charge in [0, 0.05) is 12.1 Å². The summed E-state index contributed by atoms with van der Waals surface area (Å²) in [4.78, 5) is 42.9.